The topological polar surface area (TPSA) is 52.6 Å². The number of aromatic nitrogens is 2. The molecule has 2 aromatic heterocycles. The zero-order valence-corrected chi connectivity index (χ0v) is 19.6. The van der Waals surface area contributed by atoms with Crippen LogP contribution in [0.15, 0.2) is 36.8 Å². The Hall–Kier alpha value is -2.68. The van der Waals surface area contributed by atoms with E-state index >= 15 is 0 Å². The Morgan fingerprint density at radius 1 is 1.09 bits per heavy atom. The number of aryl methyl sites for hydroxylation is 1. The molecular weight excluding hydrogens is 455 g/mol. The molecule has 6 nitrogen and oxygen atoms in total. The van der Waals surface area contributed by atoms with Gasteiger partial charge in [-0.1, -0.05) is 13.5 Å². The van der Waals surface area contributed by atoms with Gasteiger partial charge in [0, 0.05) is 70.8 Å². The molecule has 1 atom stereocenters. The summed E-state index contributed by atoms with van der Waals surface area (Å²) >= 11 is 0. The molecule has 2 aliphatic rings. The number of pyridine rings is 2. The largest absolute Gasteiger partial charge is 0.417 e. The zero-order valence-electron chi connectivity index (χ0n) is 19.6. The van der Waals surface area contributed by atoms with Gasteiger partial charge in [-0.25, -0.2) is 4.98 Å². The fourth-order valence-electron chi connectivity index (χ4n) is 4.81. The molecule has 0 N–H and O–H groups in total. The van der Waals surface area contributed by atoms with Crippen LogP contribution >= 0.6 is 0 Å². The first-order chi connectivity index (χ1) is 16.3. The van der Waals surface area contributed by atoms with Crippen LogP contribution in [0.4, 0.5) is 19.0 Å². The van der Waals surface area contributed by atoms with Crippen molar-refractivity contribution in [1.82, 2.24) is 19.8 Å². The van der Waals surface area contributed by atoms with E-state index in [0.717, 1.165) is 69.7 Å². The van der Waals surface area contributed by atoms with Crippen LogP contribution in [-0.4, -0.2) is 71.5 Å². The molecule has 0 radical (unpaired) electrons. The molecule has 35 heavy (non-hydrogen) atoms. The third-order valence-electron chi connectivity index (χ3n) is 6.75. The molecule has 192 valence electrons. The fraction of sp³-hybridized carbons (Fsp3) is 0.577. The van der Waals surface area contributed by atoms with E-state index in [9.17, 15) is 18.0 Å². The normalized spacial score (nSPS) is 19.4. The third-order valence-corrected chi connectivity index (χ3v) is 6.75. The summed E-state index contributed by atoms with van der Waals surface area (Å²) in [6.45, 7) is 7.65. The standard InChI is InChI=1S/C25H32F3N5O.CH4/c1-19-4-5-23(30-15-19)32-11-9-31(10-12-32)8-6-24(34)33-7-2-3-20(18-33)13-21-14-22(17-29-16-21)25(26,27)28;/h4-5,14-17,20H,2-3,6-13,18H2,1H3;1H4/t20-;/m1./s1. The molecule has 0 spiro atoms. The third kappa shape index (κ3) is 7.40. The highest BCUT2D eigenvalue weighted by atomic mass is 19.4. The van der Waals surface area contributed by atoms with Gasteiger partial charge >= 0.3 is 6.18 Å². The van der Waals surface area contributed by atoms with E-state index in [1.54, 1.807) is 0 Å². The summed E-state index contributed by atoms with van der Waals surface area (Å²) in [6.07, 6.45) is 2.63. The molecule has 2 aromatic rings. The van der Waals surface area contributed by atoms with E-state index in [4.69, 9.17) is 0 Å². The van der Waals surface area contributed by atoms with Crippen molar-refractivity contribution in [1.29, 1.82) is 0 Å². The van der Waals surface area contributed by atoms with Crippen LogP contribution in [0, 0.1) is 12.8 Å². The molecule has 4 rings (SSSR count). The van der Waals surface area contributed by atoms with E-state index < -0.39 is 11.7 Å². The molecule has 4 heterocycles. The van der Waals surface area contributed by atoms with Gasteiger partial charge < -0.3 is 9.80 Å². The highest BCUT2D eigenvalue weighted by Crippen LogP contribution is 2.30. The highest BCUT2D eigenvalue weighted by molar-refractivity contribution is 5.76. The fourth-order valence-corrected chi connectivity index (χ4v) is 4.81. The zero-order chi connectivity index (χ0) is 24.1. The van der Waals surface area contributed by atoms with Crippen molar-refractivity contribution in [3.63, 3.8) is 0 Å². The van der Waals surface area contributed by atoms with Crippen LogP contribution in [0.25, 0.3) is 0 Å². The van der Waals surface area contributed by atoms with Gasteiger partial charge in [0.05, 0.1) is 5.56 Å². The SMILES string of the molecule is C.Cc1ccc(N2CCN(CCC(=O)N3CCC[C@H](Cc4cncc(C(F)(F)F)c4)C3)CC2)nc1. The lowest BCUT2D eigenvalue weighted by atomic mass is 9.91. The number of piperazine rings is 1. The van der Waals surface area contributed by atoms with Gasteiger partial charge in [-0.05, 0) is 55.4 Å². The summed E-state index contributed by atoms with van der Waals surface area (Å²) in [6, 6.07) is 5.30. The Morgan fingerprint density at radius 2 is 1.86 bits per heavy atom. The Bertz CT molecular complexity index is 958. The molecular formula is C26H36F3N5O. The molecule has 9 heteroatoms. The summed E-state index contributed by atoms with van der Waals surface area (Å²) in [5.74, 6) is 1.29. The summed E-state index contributed by atoms with van der Waals surface area (Å²) < 4.78 is 38.9. The molecule has 0 bridgehead atoms. The molecule has 0 aromatic carbocycles. The van der Waals surface area contributed by atoms with Crippen molar-refractivity contribution >= 4 is 11.7 Å². The van der Waals surface area contributed by atoms with E-state index in [2.05, 4.69) is 31.9 Å². The quantitative estimate of drug-likeness (QED) is 0.598. The number of nitrogens with zero attached hydrogens (tertiary/aromatic N) is 5. The number of carbonyl (C=O) groups is 1. The Balaban J connectivity index is 0.00000342. The lowest BCUT2D eigenvalue weighted by Crippen LogP contribution is -2.48. The van der Waals surface area contributed by atoms with Crippen LogP contribution in [0.1, 0.15) is 43.4 Å². The minimum Gasteiger partial charge on any atom is -0.354 e. The Kier molecular flexibility index (Phi) is 9.10. The maximum atomic E-state index is 13.0. The van der Waals surface area contributed by atoms with Crippen LogP contribution < -0.4 is 4.90 Å². The van der Waals surface area contributed by atoms with Crippen molar-refractivity contribution in [2.24, 2.45) is 5.92 Å². The molecule has 1 amide bonds. The van der Waals surface area contributed by atoms with Crippen molar-refractivity contribution in [2.45, 2.75) is 46.2 Å². The van der Waals surface area contributed by atoms with E-state index in [1.165, 1.54) is 12.3 Å². The number of piperidine rings is 1. The van der Waals surface area contributed by atoms with Gasteiger partial charge in [-0.15, -0.1) is 0 Å². The van der Waals surface area contributed by atoms with Crippen molar-refractivity contribution in [3.05, 3.63) is 53.5 Å². The molecule has 2 aliphatic heterocycles. The van der Waals surface area contributed by atoms with Gasteiger partial charge in [-0.3, -0.25) is 14.7 Å². The number of hydrogen-bond donors (Lipinski definition) is 0. The van der Waals surface area contributed by atoms with E-state index in [-0.39, 0.29) is 19.3 Å². The van der Waals surface area contributed by atoms with Gasteiger partial charge in [-0.2, -0.15) is 13.2 Å². The minimum atomic E-state index is -4.39. The summed E-state index contributed by atoms with van der Waals surface area (Å²) in [4.78, 5) is 27.6. The van der Waals surface area contributed by atoms with E-state index in [0.29, 0.717) is 24.9 Å². The lowest BCUT2D eigenvalue weighted by molar-refractivity contribution is -0.138. The number of likely N-dealkylation sites (tertiary alicyclic amines) is 1. The van der Waals surface area contributed by atoms with Gasteiger partial charge in [0.25, 0.3) is 0 Å². The van der Waals surface area contributed by atoms with E-state index in [1.807, 2.05) is 18.0 Å². The monoisotopic (exact) mass is 491 g/mol. The molecule has 2 saturated heterocycles. The minimum absolute atomic E-state index is 0. The first kappa shape index (κ1) is 26.9. The second-order valence-corrected chi connectivity index (χ2v) is 9.40. The summed E-state index contributed by atoms with van der Waals surface area (Å²) in [7, 11) is 0. The van der Waals surface area contributed by atoms with Gasteiger partial charge in [0.15, 0.2) is 0 Å². The number of amides is 1. The summed E-state index contributed by atoms with van der Waals surface area (Å²) in [5, 5.41) is 0. The Labute approximate surface area is 206 Å². The Morgan fingerprint density at radius 3 is 2.54 bits per heavy atom. The number of carbonyl (C=O) groups excluding carboxylic acids is 1. The maximum absolute atomic E-state index is 13.0. The second-order valence-electron chi connectivity index (χ2n) is 9.40. The smallest absolute Gasteiger partial charge is 0.354 e. The molecule has 0 unspecified atom stereocenters. The van der Waals surface area contributed by atoms with Crippen molar-refractivity contribution < 1.29 is 18.0 Å². The summed E-state index contributed by atoms with van der Waals surface area (Å²) in [5.41, 5.74) is 1.01. The molecule has 2 fully saturated rings. The van der Waals surface area contributed by atoms with Crippen molar-refractivity contribution in [2.75, 3.05) is 50.7 Å². The number of halogens is 3. The predicted molar refractivity (Wildman–Crippen MR) is 131 cm³/mol. The number of anilines is 1. The highest BCUT2D eigenvalue weighted by Gasteiger charge is 2.31. The van der Waals surface area contributed by atoms with Crippen LogP contribution in [0.5, 0.6) is 0 Å². The lowest BCUT2D eigenvalue weighted by Gasteiger charge is -2.36. The first-order valence-electron chi connectivity index (χ1n) is 12.0. The van der Waals surface area contributed by atoms with Gasteiger partial charge in [0.1, 0.15) is 5.82 Å². The first-order valence-corrected chi connectivity index (χ1v) is 12.0. The number of alkyl halides is 3. The van der Waals surface area contributed by atoms with Crippen molar-refractivity contribution in [3.8, 4) is 0 Å². The number of hydrogen-bond acceptors (Lipinski definition) is 5. The van der Waals surface area contributed by atoms with Gasteiger partial charge in [0.2, 0.25) is 5.91 Å². The van der Waals surface area contributed by atoms with Crippen LogP contribution in [-0.2, 0) is 17.4 Å². The van der Waals surface area contributed by atoms with Crippen LogP contribution in [0.2, 0.25) is 0 Å². The molecule has 0 aliphatic carbocycles. The predicted octanol–water partition coefficient (Wildman–Crippen LogP) is 4.43. The average Bonchev–Trinajstić information content (AvgIpc) is 2.83. The second kappa shape index (κ2) is 11.8. The average molecular weight is 492 g/mol. The number of rotatable bonds is 6. The maximum Gasteiger partial charge on any atom is 0.417 e. The molecule has 0 saturated carbocycles. The van der Waals surface area contributed by atoms with Crippen LogP contribution in [0.3, 0.4) is 0 Å².